The van der Waals surface area contributed by atoms with Gasteiger partial charge < -0.3 is 15.4 Å². The first-order chi connectivity index (χ1) is 10.8. The lowest BCUT2D eigenvalue weighted by molar-refractivity contribution is 0.0331. The van der Waals surface area contributed by atoms with Crippen LogP contribution in [0.1, 0.15) is 64.0 Å². The number of amides is 1. The van der Waals surface area contributed by atoms with Crippen molar-refractivity contribution in [2.45, 2.75) is 63.5 Å². The lowest BCUT2D eigenvalue weighted by atomic mass is 9.58. The molecule has 3 N–H and O–H groups in total. The first kappa shape index (κ1) is 14.9. The molecule has 4 rings (SSSR count). The van der Waals surface area contributed by atoms with Crippen molar-refractivity contribution in [3.63, 3.8) is 0 Å². The highest BCUT2D eigenvalue weighted by molar-refractivity contribution is 5.69. The zero-order valence-electron chi connectivity index (χ0n) is 14.0. The second-order valence-electron chi connectivity index (χ2n) is 8.46. The number of carbonyl (C=O) groups excluding carboxylic acids is 1. The van der Waals surface area contributed by atoms with Gasteiger partial charge in [0.1, 0.15) is 17.0 Å². The number of alkyl carbamates (subject to hydrolysis) is 1. The molecule has 0 unspecified atom stereocenters. The van der Waals surface area contributed by atoms with Gasteiger partial charge in [0, 0.05) is 19.0 Å². The van der Waals surface area contributed by atoms with Crippen molar-refractivity contribution in [1.29, 1.82) is 0 Å². The van der Waals surface area contributed by atoms with Crippen LogP contribution in [0.2, 0.25) is 0 Å². The number of ether oxygens (including phenoxy) is 1. The Balaban J connectivity index is 1.39. The molecule has 0 aromatic carbocycles. The molecular weight excluding hydrogens is 294 g/mol. The molecule has 3 fully saturated rings. The van der Waals surface area contributed by atoms with Gasteiger partial charge in [-0.2, -0.15) is 5.10 Å². The van der Waals surface area contributed by atoms with Crippen LogP contribution in [0.25, 0.3) is 0 Å². The van der Waals surface area contributed by atoms with E-state index in [1.54, 1.807) is 0 Å². The molecule has 1 spiro atoms. The highest BCUT2D eigenvalue weighted by atomic mass is 16.6. The van der Waals surface area contributed by atoms with Crippen LogP contribution in [0.3, 0.4) is 0 Å². The predicted molar refractivity (Wildman–Crippen MR) is 83.9 cm³/mol. The lowest BCUT2D eigenvalue weighted by Gasteiger charge is -2.53. The summed E-state index contributed by atoms with van der Waals surface area (Å²) in [4.78, 5) is 16.7. The molecule has 2 aliphatic carbocycles. The maximum absolute atomic E-state index is 12.0. The van der Waals surface area contributed by atoms with E-state index >= 15 is 0 Å². The molecule has 7 heteroatoms. The van der Waals surface area contributed by atoms with E-state index < -0.39 is 17.2 Å². The van der Waals surface area contributed by atoms with Gasteiger partial charge >= 0.3 is 6.09 Å². The fraction of sp³-hybridized carbons (Fsp3) is 0.812. The molecule has 0 atom stereocenters. The molecule has 1 saturated heterocycles. The van der Waals surface area contributed by atoms with Crippen LogP contribution in [0.5, 0.6) is 0 Å². The quantitative estimate of drug-likeness (QED) is 0.790. The number of H-pyrrole nitrogens is 1. The van der Waals surface area contributed by atoms with Gasteiger partial charge in [0.25, 0.3) is 0 Å². The van der Waals surface area contributed by atoms with Crippen LogP contribution >= 0.6 is 0 Å². The highest BCUT2D eigenvalue weighted by Gasteiger charge is 2.52. The minimum atomic E-state index is -0.499. The van der Waals surface area contributed by atoms with Gasteiger partial charge in [0.15, 0.2) is 5.82 Å². The normalized spacial score (nSPS) is 24.7. The van der Waals surface area contributed by atoms with Gasteiger partial charge in [-0.05, 0) is 51.9 Å². The Morgan fingerprint density at radius 1 is 1.30 bits per heavy atom. The Morgan fingerprint density at radius 2 is 2.00 bits per heavy atom. The maximum Gasteiger partial charge on any atom is 0.408 e. The molecular formula is C16H25N5O2. The molecule has 2 heterocycles. The molecule has 1 amide bonds. The summed E-state index contributed by atoms with van der Waals surface area (Å²) in [5.41, 5.74) is -0.415. The Morgan fingerprint density at radius 3 is 2.52 bits per heavy atom. The zero-order valence-corrected chi connectivity index (χ0v) is 14.0. The second kappa shape index (κ2) is 4.69. The SMILES string of the molecule is CC(C)(C)OC(=O)NC1(c2n[nH]c(C3CC4(CNC4)C3)n2)CC1. The van der Waals surface area contributed by atoms with Crippen LogP contribution in [0, 0.1) is 5.41 Å². The van der Waals surface area contributed by atoms with Gasteiger partial charge in [0.2, 0.25) is 0 Å². The first-order valence-corrected chi connectivity index (χ1v) is 8.44. The number of carbonyl (C=O) groups is 1. The van der Waals surface area contributed by atoms with E-state index in [4.69, 9.17) is 4.74 Å². The van der Waals surface area contributed by atoms with E-state index in [-0.39, 0.29) is 0 Å². The maximum atomic E-state index is 12.0. The van der Waals surface area contributed by atoms with Crippen molar-refractivity contribution in [1.82, 2.24) is 25.8 Å². The molecule has 1 aliphatic heterocycles. The van der Waals surface area contributed by atoms with Crippen LogP contribution in [-0.2, 0) is 10.3 Å². The topological polar surface area (TPSA) is 91.9 Å². The summed E-state index contributed by atoms with van der Waals surface area (Å²) in [6.07, 6.45) is 3.69. The zero-order chi connectivity index (χ0) is 16.3. The summed E-state index contributed by atoms with van der Waals surface area (Å²) in [7, 11) is 0. The van der Waals surface area contributed by atoms with E-state index in [2.05, 4.69) is 25.8 Å². The molecule has 1 aromatic heterocycles. The van der Waals surface area contributed by atoms with E-state index in [0.29, 0.717) is 17.2 Å². The van der Waals surface area contributed by atoms with E-state index in [1.165, 1.54) is 12.8 Å². The van der Waals surface area contributed by atoms with Gasteiger partial charge in [-0.15, -0.1) is 0 Å². The van der Waals surface area contributed by atoms with Crippen LogP contribution in [0.15, 0.2) is 0 Å². The Hall–Kier alpha value is -1.63. The molecule has 0 bridgehead atoms. The summed E-state index contributed by atoms with van der Waals surface area (Å²) >= 11 is 0. The molecule has 126 valence electrons. The summed E-state index contributed by atoms with van der Waals surface area (Å²) in [5, 5.41) is 13.8. The van der Waals surface area contributed by atoms with Crippen molar-refractivity contribution in [2.75, 3.05) is 13.1 Å². The van der Waals surface area contributed by atoms with E-state index in [0.717, 1.165) is 31.8 Å². The third-order valence-corrected chi connectivity index (χ3v) is 5.17. The van der Waals surface area contributed by atoms with Crippen LogP contribution < -0.4 is 10.6 Å². The molecule has 23 heavy (non-hydrogen) atoms. The lowest BCUT2D eigenvalue weighted by Crippen LogP contribution is -2.59. The summed E-state index contributed by atoms with van der Waals surface area (Å²) in [6, 6.07) is 0. The predicted octanol–water partition coefficient (Wildman–Crippen LogP) is 1.79. The van der Waals surface area contributed by atoms with E-state index in [1.807, 2.05) is 20.8 Å². The van der Waals surface area contributed by atoms with Crippen LogP contribution in [-0.4, -0.2) is 40.0 Å². The third-order valence-electron chi connectivity index (χ3n) is 5.17. The third kappa shape index (κ3) is 2.71. The average Bonchev–Trinajstić information content (AvgIpc) is 2.93. The molecule has 1 aromatic rings. The molecule has 0 radical (unpaired) electrons. The Kier molecular flexibility index (Phi) is 3.04. The van der Waals surface area contributed by atoms with Gasteiger partial charge in [-0.25, -0.2) is 9.78 Å². The number of aromatic amines is 1. The number of nitrogens with one attached hydrogen (secondary N) is 3. The summed E-state index contributed by atoms with van der Waals surface area (Å²) in [5.74, 6) is 2.15. The monoisotopic (exact) mass is 319 g/mol. The minimum absolute atomic E-state index is 0.399. The van der Waals surface area contributed by atoms with E-state index in [9.17, 15) is 4.79 Å². The number of rotatable bonds is 3. The smallest absolute Gasteiger partial charge is 0.408 e. The molecule has 7 nitrogen and oxygen atoms in total. The van der Waals surface area contributed by atoms with Crippen molar-refractivity contribution < 1.29 is 9.53 Å². The summed E-state index contributed by atoms with van der Waals surface area (Å²) < 4.78 is 5.35. The van der Waals surface area contributed by atoms with Gasteiger partial charge in [-0.3, -0.25) is 5.10 Å². The second-order valence-corrected chi connectivity index (χ2v) is 8.46. The van der Waals surface area contributed by atoms with Crippen molar-refractivity contribution in [2.24, 2.45) is 5.41 Å². The summed E-state index contributed by atoms with van der Waals surface area (Å²) in [6.45, 7) is 7.85. The van der Waals surface area contributed by atoms with Gasteiger partial charge in [-0.1, -0.05) is 0 Å². The Bertz CT molecular complexity index is 617. The number of nitrogens with zero attached hydrogens (tertiary/aromatic N) is 2. The standard InChI is InChI=1S/C16H25N5O2/c1-14(2,3)23-13(22)19-16(4-5-16)12-18-11(20-21-12)10-6-15(7-10)8-17-9-15/h10,17H,4-9H2,1-3H3,(H,19,22)(H,18,20,21). The fourth-order valence-electron chi connectivity index (χ4n) is 3.65. The largest absolute Gasteiger partial charge is 0.444 e. The van der Waals surface area contributed by atoms with Crippen molar-refractivity contribution in [3.05, 3.63) is 11.6 Å². The van der Waals surface area contributed by atoms with Gasteiger partial charge in [0.05, 0.1) is 0 Å². The van der Waals surface area contributed by atoms with Crippen molar-refractivity contribution >= 4 is 6.09 Å². The van der Waals surface area contributed by atoms with Crippen LogP contribution in [0.4, 0.5) is 4.79 Å². The molecule has 2 saturated carbocycles. The highest BCUT2D eigenvalue weighted by Crippen LogP contribution is 2.53. The van der Waals surface area contributed by atoms with Crippen molar-refractivity contribution in [3.8, 4) is 0 Å². The minimum Gasteiger partial charge on any atom is -0.444 e. The number of hydrogen-bond donors (Lipinski definition) is 3. The molecule has 3 aliphatic rings. The number of hydrogen-bond acceptors (Lipinski definition) is 5. The fourth-order valence-corrected chi connectivity index (χ4v) is 3.65. The first-order valence-electron chi connectivity index (χ1n) is 8.44. The average molecular weight is 319 g/mol. The number of aromatic nitrogens is 3. The Labute approximate surface area is 136 Å².